The van der Waals surface area contributed by atoms with Crippen LogP contribution in [0.1, 0.15) is 45.7 Å². The van der Waals surface area contributed by atoms with E-state index in [1.54, 1.807) is 0 Å². The number of hydrogen-bond donors (Lipinski definition) is 1. The number of nitrogens with one attached hydrogen (secondary N) is 1. The van der Waals surface area contributed by atoms with Crippen LogP contribution in [0.15, 0.2) is 24.3 Å². The largest absolute Gasteiger partial charge is 0.491 e. The van der Waals surface area contributed by atoms with Gasteiger partial charge >= 0.3 is 0 Å². The fraction of sp³-hybridized carbons (Fsp3) is 0.625. The van der Waals surface area contributed by atoms with Crippen molar-refractivity contribution in [3.63, 3.8) is 0 Å². The van der Waals surface area contributed by atoms with E-state index in [-0.39, 0.29) is 6.10 Å². The molecule has 0 fully saturated rings. The summed E-state index contributed by atoms with van der Waals surface area (Å²) in [4.78, 5) is 0. The summed E-state index contributed by atoms with van der Waals surface area (Å²) in [5.41, 5.74) is 1.31. The molecule has 0 saturated heterocycles. The predicted molar refractivity (Wildman–Crippen MR) is 79.7 cm³/mol. The number of rotatable bonds is 9. The van der Waals surface area contributed by atoms with E-state index in [0.29, 0.717) is 19.3 Å². The van der Waals surface area contributed by atoms with Gasteiger partial charge in [0.05, 0.1) is 12.7 Å². The van der Waals surface area contributed by atoms with E-state index < -0.39 is 0 Å². The van der Waals surface area contributed by atoms with E-state index in [9.17, 15) is 0 Å². The molecular weight excluding hydrogens is 238 g/mol. The van der Waals surface area contributed by atoms with Crippen molar-refractivity contribution < 1.29 is 9.47 Å². The van der Waals surface area contributed by atoms with Gasteiger partial charge in [0.15, 0.2) is 0 Å². The van der Waals surface area contributed by atoms with Crippen LogP contribution in [0.5, 0.6) is 5.75 Å². The van der Waals surface area contributed by atoms with Crippen LogP contribution < -0.4 is 10.1 Å². The van der Waals surface area contributed by atoms with Gasteiger partial charge in [-0.3, -0.25) is 0 Å². The van der Waals surface area contributed by atoms with Crippen molar-refractivity contribution in [1.29, 1.82) is 0 Å². The van der Waals surface area contributed by atoms with Gasteiger partial charge in [-0.05, 0) is 44.5 Å². The van der Waals surface area contributed by atoms with E-state index >= 15 is 0 Å². The summed E-state index contributed by atoms with van der Waals surface area (Å²) >= 11 is 0. The lowest BCUT2D eigenvalue weighted by Crippen LogP contribution is -2.19. The Bertz CT molecular complexity index is 335. The van der Waals surface area contributed by atoms with E-state index in [1.807, 2.05) is 26.0 Å². The second-order valence-electron chi connectivity index (χ2n) is 4.86. The molecule has 3 nitrogen and oxygen atoms in total. The summed E-state index contributed by atoms with van der Waals surface area (Å²) in [6.07, 6.45) is 1.35. The Morgan fingerprint density at radius 2 is 1.74 bits per heavy atom. The molecule has 0 saturated carbocycles. The average molecular weight is 265 g/mol. The fourth-order valence-electron chi connectivity index (χ4n) is 1.98. The van der Waals surface area contributed by atoms with Gasteiger partial charge in [-0.15, -0.1) is 0 Å². The van der Waals surface area contributed by atoms with E-state index in [2.05, 4.69) is 31.3 Å². The Labute approximate surface area is 117 Å². The summed E-state index contributed by atoms with van der Waals surface area (Å²) in [6, 6.07) is 8.77. The van der Waals surface area contributed by atoms with E-state index in [4.69, 9.17) is 9.47 Å². The highest BCUT2D eigenvalue weighted by Gasteiger charge is 2.07. The Hall–Kier alpha value is -1.06. The maximum atomic E-state index is 5.64. The average Bonchev–Trinajstić information content (AvgIpc) is 2.41. The highest BCUT2D eigenvalue weighted by atomic mass is 16.5. The molecule has 108 valence electrons. The van der Waals surface area contributed by atoms with Crippen LogP contribution in [0.2, 0.25) is 0 Å². The van der Waals surface area contributed by atoms with Gasteiger partial charge in [0, 0.05) is 6.04 Å². The lowest BCUT2D eigenvalue weighted by molar-refractivity contribution is 0.0552. The van der Waals surface area contributed by atoms with Crippen molar-refractivity contribution in [3.05, 3.63) is 29.8 Å². The van der Waals surface area contributed by atoms with Gasteiger partial charge in [0.1, 0.15) is 12.4 Å². The Kier molecular flexibility index (Phi) is 7.53. The third-order valence-electron chi connectivity index (χ3n) is 2.94. The SMILES string of the molecule is CCNC(CC)c1ccc(OCCOC(C)C)cc1. The molecule has 0 spiro atoms. The lowest BCUT2D eigenvalue weighted by atomic mass is 10.0. The van der Waals surface area contributed by atoms with Crippen LogP contribution >= 0.6 is 0 Å². The first kappa shape index (κ1) is 16.0. The summed E-state index contributed by atoms with van der Waals surface area (Å²) in [5, 5.41) is 3.47. The minimum absolute atomic E-state index is 0.261. The molecule has 1 rings (SSSR count). The van der Waals surface area contributed by atoms with Crippen molar-refractivity contribution in [2.75, 3.05) is 19.8 Å². The summed E-state index contributed by atoms with van der Waals surface area (Å²) in [5.74, 6) is 0.905. The molecule has 0 aliphatic heterocycles. The predicted octanol–water partition coefficient (Wildman–Crippen LogP) is 3.55. The molecule has 3 heteroatoms. The van der Waals surface area contributed by atoms with Gasteiger partial charge in [0.25, 0.3) is 0 Å². The molecule has 1 N–H and O–H groups in total. The minimum Gasteiger partial charge on any atom is -0.491 e. The first-order chi connectivity index (χ1) is 9.17. The molecule has 0 aliphatic rings. The summed E-state index contributed by atoms with van der Waals surface area (Å²) < 4.78 is 11.1. The van der Waals surface area contributed by atoms with Crippen LogP contribution in [0, 0.1) is 0 Å². The smallest absolute Gasteiger partial charge is 0.119 e. The maximum Gasteiger partial charge on any atom is 0.119 e. The van der Waals surface area contributed by atoms with Crippen molar-refractivity contribution in [3.8, 4) is 5.75 Å². The van der Waals surface area contributed by atoms with Gasteiger partial charge in [-0.1, -0.05) is 26.0 Å². The molecule has 1 unspecified atom stereocenters. The van der Waals surface area contributed by atoms with Crippen LogP contribution in [-0.4, -0.2) is 25.9 Å². The number of benzene rings is 1. The highest BCUT2D eigenvalue weighted by Crippen LogP contribution is 2.20. The van der Waals surface area contributed by atoms with Crippen LogP contribution in [-0.2, 0) is 4.74 Å². The van der Waals surface area contributed by atoms with Gasteiger partial charge in [-0.25, -0.2) is 0 Å². The van der Waals surface area contributed by atoms with Crippen LogP contribution in [0.4, 0.5) is 0 Å². The second-order valence-corrected chi connectivity index (χ2v) is 4.86. The Balaban J connectivity index is 2.42. The van der Waals surface area contributed by atoms with Gasteiger partial charge < -0.3 is 14.8 Å². The standard InChI is InChI=1S/C16H27NO2/c1-5-16(17-6-2)14-7-9-15(10-8-14)19-12-11-18-13(3)4/h7-10,13,16-17H,5-6,11-12H2,1-4H3. The van der Waals surface area contributed by atoms with Gasteiger partial charge in [0.2, 0.25) is 0 Å². The Morgan fingerprint density at radius 3 is 2.26 bits per heavy atom. The zero-order valence-electron chi connectivity index (χ0n) is 12.6. The topological polar surface area (TPSA) is 30.5 Å². The molecule has 1 aromatic carbocycles. The monoisotopic (exact) mass is 265 g/mol. The maximum absolute atomic E-state index is 5.64. The highest BCUT2D eigenvalue weighted by molar-refractivity contribution is 5.29. The normalized spacial score (nSPS) is 12.7. The van der Waals surface area contributed by atoms with E-state index in [0.717, 1.165) is 18.7 Å². The minimum atomic E-state index is 0.261. The lowest BCUT2D eigenvalue weighted by Gasteiger charge is -2.16. The quantitative estimate of drug-likeness (QED) is 0.693. The van der Waals surface area contributed by atoms with Crippen molar-refractivity contribution >= 4 is 0 Å². The molecule has 0 bridgehead atoms. The number of hydrogen-bond acceptors (Lipinski definition) is 3. The third kappa shape index (κ3) is 6.08. The zero-order chi connectivity index (χ0) is 14.1. The van der Waals surface area contributed by atoms with Crippen LogP contribution in [0.3, 0.4) is 0 Å². The van der Waals surface area contributed by atoms with E-state index in [1.165, 1.54) is 5.56 Å². The summed E-state index contributed by atoms with van der Waals surface area (Å²) in [6.45, 7) is 10.6. The molecule has 19 heavy (non-hydrogen) atoms. The molecule has 1 aromatic rings. The first-order valence-corrected chi connectivity index (χ1v) is 7.25. The zero-order valence-corrected chi connectivity index (χ0v) is 12.6. The second kappa shape index (κ2) is 8.94. The third-order valence-corrected chi connectivity index (χ3v) is 2.94. The molecule has 0 radical (unpaired) electrons. The van der Waals surface area contributed by atoms with Crippen LogP contribution in [0.25, 0.3) is 0 Å². The van der Waals surface area contributed by atoms with Crippen molar-refractivity contribution in [2.45, 2.75) is 46.3 Å². The van der Waals surface area contributed by atoms with Gasteiger partial charge in [-0.2, -0.15) is 0 Å². The van der Waals surface area contributed by atoms with Crippen molar-refractivity contribution in [1.82, 2.24) is 5.32 Å². The molecule has 0 aliphatic carbocycles. The summed E-state index contributed by atoms with van der Waals surface area (Å²) in [7, 11) is 0. The fourth-order valence-corrected chi connectivity index (χ4v) is 1.98. The molecule has 0 aromatic heterocycles. The Morgan fingerprint density at radius 1 is 1.05 bits per heavy atom. The molecular formula is C16H27NO2. The first-order valence-electron chi connectivity index (χ1n) is 7.25. The molecule has 0 amide bonds. The molecule has 1 atom stereocenters. The number of ether oxygens (including phenoxy) is 2. The molecule has 0 heterocycles. The van der Waals surface area contributed by atoms with Crippen molar-refractivity contribution in [2.24, 2.45) is 0 Å².